The van der Waals surface area contributed by atoms with Gasteiger partial charge in [0.2, 0.25) is 5.91 Å². The van der Waals surface area contributed by atoms with E-state index in [4.69, 9.17) is 0 Å². The Morgan fingerprint density at radius 1 is 1.15 bits per heavy atom. The summed E-state index contributed by atoms with van der Waals surface area (Å²) in [4.78, 5) is 12.5. The van der Waals surface area contributed by atoms with Crippen LogP contribution in [0.5, 0.6) is 0 Å². The predicted molar refractivity (Wildman–Crippen MR) is 108 cm³/mol. The van der Waals surface area contributed by atoms with Crippen molar-refractivity contribution in [2.45, 2.75) is 30.8 Å². The van der Waals surface area contributed by atoms with Crippen molar-refractivity contribution in [2.75, 3.05) is 5.32 Å². The van der Waals surface area contributed by atoms with Gasteiger partial charge in [0.05, 0.1) is 11.8 Å². The average molecular weight is 431 g/mol. The van der Waals surface area contributed by atoms with E-state index in [9.17, 15) is 4.79 Å². The Labute approximate surface area is 165 Å². The topological polar surface area (TPSA) is 59.8 Å². The van der Waals surface area contributed by atoms with Gasteiger partial charge in [-0.2, -0.15) is 0 Å². The number of hydrogen-bond acceptors (Lipinski definition) is 4. The molecular weight excluding hydrogens is 412 g/mol. The number of rotatable bonds is 6. The zero-order valence-electron chi connectivity index (χ0n) is 14.5. The summed E-state index contributed by atoms with van der Waals surface area (Å²) in [6.45, 7) is 4.48. The number of hydrogen-bond donors (Lipinski definition) is 1. The van der Waals surface area contributed by atoms with Crippen LogP contribution in [-0.4, -0.2) is 25.9 Å². The van der Waals surface area contributed by atoms with Gasteiger partial charge in [-0.05, 0) is 43.7 Å². The van der Waals surface area contributed by atoms with Crippen LogP contribution in [0.1, 0.15) is 18.3 Å². The van der Waals surface area contributed by atoms with Crippen molar-refractivity contribution in [3.63, 3.8) is 0 Å². The first kappa shape index (κ1) is 18.7. The summed E-state index contributed by atoms with van der Waals surface area (Å²) in [6, 6.07) is 17.7. The van der Waals surface area contributed by atoms with Crippen molar-refractivity contribution in [1.29, 1.82) is 0 Å². The van der Waals surface area contributed by atoms with Crippen LogP contribution < -0.4 is 5.32 Å². The molecule has 0 saturated heterocycles. The highest BCUT2D eigenvalue weighted by molar-refractivity contribution is 9.10. The molecule has 1 amide bonds. The summed E-state index contributed by atoms with van der Waals surface area (Å²) in [5.41, 5.74) is 1.94. The van der Waals surface area contributed by atoms with Crippen molar-refractivity contribution >= 4 is 39.3 Å². The second-order valence-corrected chi connectivity index (χ2v) is 8.08. The van der Waals surface area contributed by atoms with Crippen LogP contribution in [0.4, 0.5) is 5.69 Å². The fourth-order valence-electron chi connectivity index (χ4n) is 2.39. The van der Waals surface area contributed by atoms with Gasteiger partial charge in [-0.15, -0.1) is 10.2 Å². The summed E-state index contributed by atoms with van der Waals surface area (Å²) >= 11 is 4.80. The van der Waals surface area contributed by atoms with Gasteiger partial charge in [0.15, 0.2) is 5.16 Å². The van der Waals surface area contributed by atoms with Crippen molar-refractivity contribution in [1.82, 2.24) is 14.8 Å². The van der Waals surface area contributed by atoms with E-state index in [1.54, 1.807) is 0 Å². The number of amides is 1. The molecule has 1 aromatic heterocycles. The number of aryl methyl sites for hydroxylation is 1. The lowest BCUT2D eigenvalue weighted by Gasteiger charge is -2.13. The molecule has 1 N–H and O–H groups in total. The molecular formula is C19H19BrN4OS. The molecule has 0 aliphatic rings. The minimum absolute atomic E-state index is 0.0655. The smallest absolute Gasteiger partial charge is 0.237 e. The quantitative estimate of drug-likeness (QED) is 0.584. The number of aromatic nitrogens is 3. The van der Waals surface area contributed by atoms with E-state index in [2.05, 4.69) is 43.6 Å². The first-order valence-electron chi connectivity index (χ1n) is 8.20. The SMILES string of the molecule is Cc1nnc(SC(C)C(=O)Nc2ccc(Br)cc2)n1Cc1ccccc1. The van der Waals surface area contributed by atoms with Gasteiger partial charge in [-0.1, -0.05) is 58.0 Å². The lowest BCUT2D eigenvalue weighted by atomic mass is 10.2. The van der Waals surface area contributed by atoms with Crippen molar-refractivity contribution < 1.29 is 4.79 Å². The van der Waals surface area contributed by atoms with Crippen molar-refractivity contribution in [2.24, 2.45) is 0 Å². The average Bonchev–Trinajstić information content (AvgIpc) is 2.98. The molecule has 0 bridgehead atoms. The molecule has 0 radical (unpaired) electrons. The summed E-state index contributed by atoms with van der Waals surface area (Å²) in [5, 5.41) is 11.8. The van der Waals surface area contributed by atoms with Crippen molar-refractivity contribution in [3.8, 4) is 0 Å². The summed E-state index contributed by atoms with van der Waals surface area (Å²) < 4.78 is 3.01. The predicted octanol–water partition coefficient (Wildman–Crippen LogP) is 4.52. The molecule has 7 heteroatoms. The Balaban J connectivity index is 1.68. The second-order valence-electron chi connectivity index (χ2n) is 5.86. The van der Waals surface area contributed by atoms with Crippen LogP contribution >= 0.6 is 27.7 Å². The van der Waals surface area contributed by atoms with E-state index in [-0.39, 0.29) is 11.2 Å². The number of thioether (sulfide) groups is 1. The molecule has 0 aliphatic heterocycles. The monoisotopic (exact) mass is 430 g/mol. The molecule has 1 heterocycles. The number of nitrogens with zero attached hydrogens (tertiary/aromatic N) is 3. The van der Waals surface area contributed by atoms with Gasteiger partial charge in [-0.3, -0.25) is 4.79 Å². The zero-order valence-corrected chi connectivity index (χ0v) is 16.9. The van der Waals surface area contributed by atoms with Crippen molar-refractivity contribution in [3.05, 3.63) is 70.5 Å². The highest BCUT2D eigenvalue weighted by Gasteiger charge is 2.19. The van der Waals surface area contributed by atoms with E-state index >= 15 is 0 Å². The largest absolute Gasteiger partial charge is 0.325 e. The fourth-order valence-corrected chi connectivity index (χ4v) is 3.54. The van der Waals surface area contributed by atoms with Gasteiger partial charge < -0.3 is 9.88 Å². The minimum Gasteiger partial charge on any atom is -0.325 e. The van der Waals surface area contributed by atoms with E-state index in [0.717, 1.165) is 21.1 Å². The number of carbonyl (C=O) groups is 1. The van der Waals surface area contributed by atoms with Gasteiger partial charge >= 0.3 is 0 Å². The number of nitrogens with one attached hydrogen (secondary N) is 1. The normalized spacial score (nSPS) is 12.0. The first-order valence-corrected chi connectivity index (χ1v) is 9.87. The minimum atomic E-state index is -0.295. The third-order valence-corrected chi connectivity index (χ3v) is 5.46. The van der Waals surface area contributed by atoms with Crippen LogP contribution in [0.25, 0.3) is 0 Å². The van der Waals surface area contributed by atoms with E-state index in [1.807, 2.05) is 60.9 Å². The molecule has 0 spiro atoms. The van der Waals surface area contributed by atoms with Gasteiger partial charge in [0.25, 0.3) is 0 Å². The molecule has 3 aromatic rings. The number of halogens is 1. The third-order valence-electron chi connectivity index (χ3n) is 3.85. The maximum Gasteiger partial charge on any atom is 0.237 e. The van der Waals surface area contributed by atoms with E-state index in [1.165, 1.54) is 17.3 Å². The second kappa shape index (κ2) is 8.51. The van der Waals surface area contributed by atoms with E-state index < -0.39 is 0 Å². The van der Waals surface area contributed by atoms with Gasteiger partial charge in [0.1, 0.15) is 5.82 Å². The molecule has 3 rings (SSSR count). The van der Waals surface area contributed by atoms with E-state index in [0.29, 0.717) is 6.54 Å². The standard InChI is InChI=1S/C19H19BrN4OS/c1-13(18(25)21-17-10-8-16(20)9-11-17)26-19-23-22-14(2)24(19)12-15-6-4-3-5-7-15/h3-11,13H,12H2,1-2H3,(H,21,25). The first-order chi connectivity index (χ1) is 12.5. The Hall–Kier alpha value is -2.12. The van der Waals surface area contributed by atoms with Crippen LogP contribution in [0, 0.1) is 6.92 Å². The molecule has 0 fully saturated rings. The van der Waals surface area contributed by atoms with Crippen LogP contribution in [0.2, 0.25) is 0 Å². The van der Waals surface area contributed by atoms with Gasteiger partial charge in [0, 0.05) is 10.2 Å². The zero-order chi connectivity index (χ0) is 18.5. The molecule has 1 unspecified atom stereocenters. The Kier molecular flexibility index (Phi) is 6.11. The Morgan fingerprint density at radius 2 is 1.85 bits per heavy atom. The molecule has 0 saturated carbocycles. The summed E-state index contributed by atoms with van der Waals surface area (Å²) in [7, 11) is 0. The molecule has 134 valence electrons. The maximum absolute atomic E-state index is 12.5. The lowest BCUT2D eigenvalue weighted by molar-refractivity contribution is -0.115. The third kappa shape index (κ3) is 4.74. The highest BCUT2D eigenvalue weighted by Crippen LogP contribution is 2.24. The lowest BCUT2D eigenvalue weighted by Crippen LogP contribution is -2.23. The fraction of sp³-hybridized carbons (Fsp3) is 0.211. The number of carbonyl (C=O) groups excluding carboxylic acids is 1. The highest BCUT2D eigenvalue weighted by atomic mass is 79.9. The molecule has 5 nitrogen and oxygen atoms in total. The molecule has 26 heavy (non-hydrogen) atoms. The maximum atomic E-state index is 12.5. The number of anilines is 1. The Bertz CT molecular complexity index is 880. The summed E-state index contributed by atoms with van der Waals surface area (Å²) in [5.74, 6) is 0.765. The van der Waals surface area contributed by atoms with Crippen LogP contribution in [0.3, 0.4) is 0 Å². The molecule has 2 aromatic carbocycles. The molecule has 0 aliphatic carbocycles. The molecule has 1 atom stereocenters. The summed E-state index contributed by atoms with van der Waals surface area (Å²) in [6.07, 6.45) is 0. The van der Waals surface area contributed by atoms with Gasteiger partial charge in [-0.25, -0.2) is 0 Å². The number of benzene rings is 2. The van der Waals surface area contributed by atoms with Crippen LogP contribution in [0.15, 0.2) is 64.2 Å². The van der Waals surface area contributed by atoms with Crippen LogP contribution in [-0.2, 0) is 11.3 Å². The Morgan fingerprint density at radius 3 is 2.54 bits per heavy atom.